The van der Waals surface area contributed by atoms with Gasteiger partial charge in [-0.05, 0) is 42.0 Å². The summed E-state index contributed by atoms with van der Waals surface area (Å²) >= 11 is 0. The van der Waals surface area contributed by atoms with Crippen LogP contribution in [-0.2, 0) is 4.79 Å². The zero-order valence-corrected chi connectivity index (χ0v) is 19.7. The van der Waals surface area contributed by atoms with Crippen molar-refractivity contribution in [3.8, 4) is 28.7 Å². The predicted molar refractivity (Wildman–Crippen MR) is 132 cm³/mol. The third-order valence-electron chi connectivity index (χ3n) is 6.11. The van der Waals surface area contributed by atoms with Crippen molar-refractivity contribution in [2.45, 2.75) is 12.0 Å². The van der Waals surface area contributed by atoms with Gasteiger partial charge in [-0.2, -0.15) is 0 Å². The Kier molecular flexibility index (Phi) is 5.89. The summed E-state index contributed by atoms with van der Waals surface area (Å²) in [6, 6.07) is 16.9. The van der Waals surface area contributed by atoms with Crippen molar-refractivity contribution in [1.29, 1.82) is 0 Å². The van der Waals surface area contributed by atoms with E-state index in [2.05, 4.69) is 5.32 Å². The number of phenols is 1. The van der Waals surface area contributed by atoms with Gasteiger partial charge in [0, 0.05) is 11.8 Å². The molecule has 36 heavy (non-hydrogen) atoms. The van der Waals surface area contributed by atoms with E-state index in [1.165, 1.54) is 21.3 Å². The monoisotopic (exact) mass is 489 g/mol. The molecule has 0 saturated heterocycles. The molecule has 9 nitrogen and oxygen atoms in total. The molecule has 0 radical (unpaired) electrons. The van der Waals surface area contributed by atoms with Crippen molar-refractivity contribution >= 4 is 22.6 Å². The molecule has 184 valence electrons. The number of ether oxygens (including phenoxy) is 4. The molecule has 1 aromatic heterocycles. The number of carbonyl (C=O) groups excluding carboxylic acids is 1. The van der Waals surface area contributed by atoms with Crippen LogP contribution in [0.5, 0.6) is 28.7 Å². The second kappa shape index (κ2) is 9.18. The molecular weight excluding hydrogens is 466 g/mol. The summed E-state index contributed by atoms with van der Waals surface area (Å²) in [5.41, 5.74) is 0.865. The van der Waals surface area contributed by atoms with Gasteiger partial charge in [-0.3, -0.25) is 4.79 Å². The first-order valence-corrected chi connectivity index (χ1v) is 11.1. The molecule has 0 bridgehead atoms. The molecule has 1 aliphatic rings. The molecule has 0 spiro atoms. The standard InChI is InChI=1S/C27H23NO8/c1-32-16-8-6-7-15(13-16)28-26(30)25-21(14-11-19(33-2)23(29)20(12-14)34-3)22-24(36-25)17-9-4-5-10-18(17)35-27(22)31/h4-13,21,25,29H,1-3H3,(H,28,30)/t21-,25-/m1/s1. The first-order valence-electron chi connectivity index (χ1n) is 11.1. The Hall–Kier alpha value is -4.66. The first kappa shape index (κ1) is 23.1. The predicted octanol–water partition coefficient (Wildman–Crippen LogP) is 4.06. The van der Waals surface area contributed by atoms with Gasteiger partial charge >= 0.3 is 5.63 Å². The van der Waals surface area contributed by atoms with E-state index in [4.69, 9.17) is 23.4 Å². The number of phenolic OH excluding ortho intramolecular Hbond substituents is 1. The maximum absolute atomic E-state index is 13.6. The fraction of sp³-hybridized carbons (Fsp3) is 0.185. The third kappa shape index (κ3) is 3.84. The number of anilines is 1. The van der Waals surface area contributed by atoms with Crippen molar-refractivity contribution in [1.82, 2.24) is 0 Å². The number of fused-ring (bicyclic) bond motifs is 3. The second-order valence-electron chi connectivity index (χ2n) is 8.14. The number of hydrogen-bond donors (Lipinski definition) is 2. The van der Waals surface area contributed by atoms with E-state index in [9.17, 15) is 14.7 Å². The number of methoxy groups -OCH3 is 3. The van der Waals surface area contributed by atoms with Crippen LogP contribution < -0.4 is 29.9 Å². The number of carbonyl (C=O) groups is 1. The minimum atomic E-state index is -1.14. The van der Waals surface area contributed by atoms with Gasteiger partial charge in [-0.15, -0.1) is 0 Å². The summed E-state index contributed by atoms with van der Waals surface area (Å²) in [6.45, 7) is 0. The van der Waals surface area contributed by atoms with Crippen LogP contribution in [0.25, 0.3) is 11.0 Å². The summed E-state index contributed by atoms with van der Waals surface area (Å²) in [4.78, 5) is 26.8. The van der Waals surface area contributed by atoms with E-state index >= 15 is 0 Å². The molecular formula is C27H23NO8. The minimum Gasteiger partial charge on any atom is -0.502 e. The molecule has 5 rings (SSSR count). The highest BCUT2D eigenvalue weighted by Gasteiger charge is 2.45. The molecule has 9 heteroatoms. The largest absolute Gasteiger partial charge is 0.502 e. The lowest BCUT2D eigenvalue weighted by molar-refractivity contribution is -0.122. The molecule has 2 atom stereocenters. The van der Waals surface area contributed by atoms with E-state index in [-0.39, 0.29) is 28.6 Å². The van der Waals surface area contributed by atoms with Crippen LogP contribution in [0.1, 0.15) is 17.0 Å². The van der Waals surface area contributed by atoms with Crippen LogP contribution in [-0.4, -0.2) is 38.4 Å². The van der Waals surface area contributed by atoms with E-state index in [1.807, 2.05) is 0 Å². The van der Waals surface area contributed by atoms with Crippen molar-refractivity contribution < 1.29 is 33.3 Å². The van der Waals surface area contributed by atoms with Crippen molar-refractivity contribution in [2.75, 3.05) is 26.6 Å². The fourth-order valence-corrected chi connectivity index (χ4v) is 4.43. The quantitative estimate of drug-likeness (QED) is 0.390. The topological polar surface area (TPSA) is 116 Å². The Morgan fingerprint density at radius 3 is 2.36 bits per heavy atom. The second-order valence-corrected chi connectivity index (χ2v) is 8.14. The van der Waals surface area contributed by atoms with Crippen molar-refractivity contribution in [3.63, 3.8) is 0 Å². The summed E-state index contributed by atoms with van der Waals surface area (Å²) < 4.78 is 27.6. The molecule has 2 heterocycles. The molecule has 0 aliphatic carbocycles. The van der Waals surface area contributed by atoms with E-state index in [1.54, 1.807) is 60.7 Å². The molecule has 1 aliphatic heterocycles. The number of benzene rings is 3. The van der Waals surface area contributed by atoms with Gasteiger partial charge in [-0.25, -0.2) is 4.79 Å². The lowest BCUT2D eigenvalue weighted by Gasteiger charge is -2.20. The van der Waals surface area contributed by atoms with Gasteiger partial charge < -0.3 is 33.8 Å². The lowest BCUT2D eigenvalue weighted by Crippen LogP contribution is -2.35. The van der Waals surface area contributed by atoms with E-state index in [0.29, 0.717) is 28.0 Å². The molecule has 0 saturated carbocycles. The Balaban J connectivity index is 1.67. The van der Waals surface area contributed by atoms with Gasteiger partial charge in [0.25, 0.3) is 5.91 Å². The van der Waals surface area contributed by atoms with E-state index in [0.717, 1.165) is 0 Å². The molecule has 4 aromatic rings. The Morgan fingerprint density at radius 2 is 1.67 bits per heavy atom. The van der Waals surface area contributed by atoms with Gasteiger partial charge in [0.1, 0.15) is 17.1 Å². The van der Waals surface area contributed by atoms with Crippen LogP contribution in [0.3, 0.4) is 0 Å². The number of rotatable bonds is 6. The Labute approximate surface area is 205 Å². The van der Waals surface area contributed by atoms with Crippen LogP contribution in [0, 0.1) is 0 Å². The van der Waals surface area contributed by atoms with Crippen LogP contribution >= 0.6 is 0 Å². The zero-order chi connectivity index (χ0) is 25.4. The van der Waals surface area contributed by atoms with Gasteiger partial charge in [0.05, 0.1) is 38.2 Å². The van der Waals surface area contributed by atoms with Crippen LogP contribution in [0.4, 0.5) is 5.69 Å². The average molecular weight is 489 g/mol. The number of nitrogens with one attached hydrogen (secondary N) is 1. The summed E-state index contributed by atoms with van der Waals surface area (Å²) in [5.74, 6) is -0.493. The molecule has 2 N–H and O–H groups in total. The van der Waals surface area contributed by atoms with Crippen LogP contribution in [0.2, 0.25) is 0 Å². The number of para-hydroxylation sites is 1. The SMILES string of the molecule is COc1cccc(NC(=O)[C@@H]2Oc3c(c(=O)oc4ccccc34)[C@H]2c2cc(OC)c(O)c(OC)c2)c1. The highest BCUT2D eigenvalue weighted by molar-refractivity contribution is 5.98. The molecule has 0 unspecified atom stereocenters. The lowest BCUT2D eigenvalue weighted by atomic mass is 9.87. The third-order valence-corrected chi connectivity index (χ3v) is 6.11. The normalized spacial score (nSPS) is 16.2. The number of aromatic hydroxyl groups is 1. The molecule has 3 aromatic carbocycles. The highest BCUT2D eigenvalue weighted by Crippen LogP contribution is 2.48. The van der Waals surface area contributed by atoms with Crippen molar-refractivity contribution in [2.24, 2.45) is 0 Å². The maximum atomic E-state index is 13.6. The smallest absolute Gasteiger partial charge is 0.344 e. The van der Waals surface area contributed by atoms with Crippen molar-refractivity contribution in [3.05, 3.63) is 82.2 Å². The van der Waals surface area contributed by atoms with Gasteiger partial charge in [0.15, 0.2) is 17.6 Å². The molecule has 0 fully saturated rings. The van der Waals surface area contributed by atoms with E-state index < -0.39 is 23.6 Å². The highest BCUT2D eigenvalue weighted by atomic mass is 16.5. The zero-order valence-electron chi connectivity index (χ0n) is 19.7. The minimum absolute atomic E-state index is 0.120. The van der Waals surface area contributed by atoms with Crippen LogP contribution in [0.15, 0.2) is 69.9 Å². The summed E-state index contributed by atoms with van der Waals surface area (Å²) in [7, 11) is 4.32. The summed E-state index contributed by atoms with van der Waals surface area (Å²) in [6.07, 6.45) is -1.14. The summed E-state index contributed by atoms with van der Waals surface area (Å²) in [5, 5.41) is 13.8. The first-order chi connectivity index (χ1) is 17.4. The van der Waals surface area contributed by atoms with Gasteiger partial charge in [-0.1, -0.05) is 18.2 Å². The van der Waals surface area contributed by atoms with Gasteiger partial charge in [0.2, 0.25) is 5.75 Å². The number of amides is 1. The maximum Gasteiger partial charge on any atom is 0.344 e. The Bertz CT molecular complexity index is 1500. The Morgan fingerprint density at radius 1 is 0.944 bits per heavy atom. The molecule has 1 amide bonds. The number of hydrogen-bond acceptors (Lipinski definition) is 8. The fourth-order valence-electron chi connectivity index (χ4n) is 4.43. The average Bonchev–Trinajstić information content (AvgIpc) is 3.31.